The number of hydrogen-bond donors (Lipinski definition) is 2. The van der Waals surface area contributed by atoms with E-state index in [0.29, 0.717) is 6.54 Å². The van der Waals surface area contributed by atoms with E-state index in [1.54, 1.807) is 17.0 Å². The Morgan fingerprint density at radius 1 is 1.40 bits per heavy atom. The van der Waals surface area contributed by atoms with Crippen LogP contribution in [0.15, 0.2) is 24.3 Å². The maximum atomic E-state index is 13.0. The zero-order valence-corrected chi connectivity index (χ0v) is 12.0. The molecule has 0 aliphatic carbocycles. The molecule has 20 heavy (non-hydrogen) atoms. The van der Waals surface area contributed by atoms with Crippen molar-refractivity contribution in [2.24, 2.45) is 5.92 Å². The first-order valence-corrected chi connectivity index (χ1v) is 7.12. The molecule has 2 N–H and O–H groups in total. The lowest BCUT2D eigenvalue weighted by molar-refractivity contribution is -0.134. The number of hydrogen-bond acceptors (Lipinski definition) is 3. The first-order valence-electron chi connectivity index (χ1n) is 7.12. The molecule has 2 atom stereocenters. The summed E-state index contributed by atoms with van der Waals surface area (Å²) in [5, 5.41) is 0. The maximum Gasteiger partial charge on any atom is 0.228 e. The molecule has 0 bridgehead atoms. The van der Waals surface area contributed by atoms with Crippen LogP contribution < -0.4 is 10.9 Å². The summed E-state index contributed by atoms with van der Waals surface area (Å²) in [6, 6.07) is 6.21. The van der Waals surface area contributed by atoms with Crippen LogP contribution in [0.4, 0.5) is 4.39 Å². The van der Waals surface area contributed by atoms with Gasteiger partial charge in [-0.3, -0.25) is 10.2 Å². The van der Waals surface area contributed by atoms with Crippen LogP contribution in [0.25, 0.3) is 0 Å². The van der Waals surface area contributed by atoms with Crippen LogP contribution in [0.5, 0.6) is 0 Å². The Morgan fingerprint density at radius 3 is 2.75 bits per heavy atom. The second-order valence-corrected chi connectivity index (χ2v) is 5.27. The van der Waals surface area contributed by atoms with Crippen molar-refractivity contribution in [3.63, 3.8) is 0 Å². The first kappa shape index (κ1) is 14.9. The molecule has 4 nitrogen and oxygen atoms in total. The Kier molecular flexibility index (Phi) is 5.09. The van der Waals surface area contributed by atoms with Gasteiger partial charge in [-0.1, -0.05) is 25.5 Å². The van der Waals surface area contributed by atoms with Gasteiger partial charge in [0.2, 0.25) is 5.91 Å². The van der Waals surface area contributed by atoms with Gasteiger partial charge in [-0.05, 0) is 24.1 Å². The Labute approximate surface area is 119 Å². The third-order valence-corrected chi connectivity index (χ3v) is 3.75. The molecule has 0 aromatic heterocycles. The lowest BCUT2D eigenvalue weighted by atomic mass is 9.93. The van der Waals surface area contributed by atoms with Crippen LogP contribution in [0, 0.1) is 11.7 Å². The molecule has 0 saturated carbocycles. The molecule has 1 amide bonds. The Morgan fingerprint density at radius 2 is 2.10 bits per heavy atom. The summed E-state index contributed by atoms with van der Waals surface area (Å²) in [4.78, 5) is 14.3. The van der Waals surface area contributed by atoms with Crippen LogP contribution >= 0.6 is 0 Å². The maximum absolute atomic E-state index is 13.0. The van der Waals surface area contributed by atoms with E-state index in [9.17, 15) is 9.18 Å². The fraction of sp³-hybridized carbons (Fsp3) is 0.533. The molecule has 2 unspecified atom stereocenters. The smallest absolute Gasteiger partial charge is 0.228 e. The highest BCUT2D eigenvalue weighted by Gasteiger charge is 2.35. The summed E-state index contributed by atoms with van der Waals surface area (Å²) in [7, 11) is 1.85. The van der Waals surface area contributed by atoms with Crippen LogP contribution in [0.2, 0.25) is 0 Å². The van der Waals surface area contributed by atoms with Crippen molar-refractivity contribution < 1.29 is 9.18 Å². The summed E-state index contributed by atoms with van der Waals surface area (Å²) in [6.45, 7) is 3.48. The van der Waals surface area contributed by atoms with Crippen LogP contribution in [-0.4, -0.2) is 30.9 Å². The molecule has 1 aromatic carbocycles. The van der Waals surface area contributed by atoms with Crippen LogP contribution in [0.3, 0.4) is 0 Å². The third-order valence-electron chi connectivity index (χ3n) is 3.75. The average Bonchev–Trinajstić information content (AvgIpc) is 2.94. The molecule has 1 aliphatic rings. The van der Waals surface area contributed by atoms with Crippen LogP contribution in [-0.2, 0) is 4.79 Å². The zero-order chi connectivity index (χ0) is 14.5. The van der Waals surface area contributed by atoms with Crippen molar-refractivity contribution >= 4 is 5.91 Å². The molecule has 1 aromatic rings. The molecule has 1 fully saturated rings. The Hall–Kier alpha value is -1.46. The predicted octanol–water partition coefficient (Wildman–Crippen LogP) is 1.85. The fourth-order valence-electron chi connectivity index (χ4n) is 2.50. The van der Waals surface area contributed by atoms with Crippen molar-refractivity contribution in [3.8, 4) is 0 Å². The normalized spacial score (nSPS) is 21.9. The van der Waals surface area contributed by atoms with Gasteiger partial charge < -0.3 is 4.90 Å². The van der Waals surface area contributed by atoms with Gasteiger partial charge in [-0.15, -0.1) is 0 Å². The fourth-order valence-corrected chi connectivity index (χ4v) is 2.50. The second-order valence-electron chi connectivity index (χ2n) is 5.27. The van der Waals surface area contributed by atoms with Crippen molar-refractivity contribution in [2.75, 3.05) is 20.1 Å². The number of carbonyl (C=O) groups excluding carboxylic acids is 1. The highest BCUT2D eigenvalue weighted by atomic mass is 19.1. The number of hydrazine groups is 1. The quantitative estimate of drug-likeness (QED) is 0.864. The van der Waals surface area contributed by atoms with E-state index < -0.39 is 0 Å². The first-order chi connectivity index (χ1) is 9.63. The molecular weight excluding hydrogens is 257 g/mol. The number of unbranched alkanes of at least 4 members (excludes halogenated alkanes) is 1. The largest absolute Gasteiger partial charge is 0.345 e. The minimum Gasteiger partial charge on any atom is -0.345 e. The van der Waals surface area contributed by atoms with Crippen molar-refractivity contribution in [1.29, 1.82) is 0 Å². The summed E-state index contributed by atoms with van der Waals surface area (Å²) in [5.41, 5.74) is 7.08. The molecular formula is C15H22FN3O. The summed E-state index contributed by atoms with van der Waals surface area (Å²) in [6.07, 6.45) is 2.08. The number of nitrogens with zero attached hydrogens (tertiary/aromatic N) is 1. The van der Waals surface area contributed by atoms with E-state index in [0.717, 1.165) is 24.9 Å². The zero-order valence-electron chi connectivity index (χ0n) is 12.0. The minimum absolute atomic E-state index is 0.104. The minimum atomic E-state index is -0.261. The van der Waals surface area contributed by atoms with Gasteiger partial charge in [-0.2, -0.15) is 0 Å². The van der Waals surface area contributed by atoms with E-state index in [1.165, 1.54) is 12.1 Å². The average molecular weight is 279 g/mol. The Balaban J connectivity index is 2.06. The molecule has 1 aliphatic heterocycles. The van der Waals surface area contributed by atoms with Crippen molar-refractivity contribution in [2.45, 2.75) is 25.8 Å². The molecule has 0 spiro atoms. The van der Waals surface area contributed by atoms with Gasteiger partial charge in [0.25, 0.3) is 0 Å². The van der Waals surface area contributed by atoms with Gasteiger partial charge in [0.1, 0.15) is 5.82 Å². The molecule has 1 saturated heterocycles. The van der Waals surface area contributed by atoms with Crippen molar-refractivity contribution in [3.05, 3.63) is 35.6 Å². The summed E-state index contributed by atoms with van der Waals surface area (Å²) >= 11 is 0. The standard InChI is InChI=1S/C15H22FN3O/c1-3-4-9-19(2)15(20)13-10-17-18-14(13)11-5-7-12(16)8-6-11/h5-8,13-14,17-18H,3-4,9-10H2,1-2H3. The number of benzene rings is 1. The molecule has 0 radical (unpaired) electrons. The van der Waals surface area contributed by atoms with Gasteiger partial charge >= 0.3 is 0 Å². The van der Waals surface area contributed by atoms with Crippen molar-refractivity contribution in [1.82, 2.24) is 15.8 Å². The highest BCUT2D eigenvalue weighted by molar-refractivity contribution is 5.80. The van der Waals surface area contributed by atoms with E-state index in [1.807, 2.05) is 7.05 Å². The number of halogens is 1. The summed E-state index contributed by atoms with van der Waals surface area (Å²) in [5.74, 6) is -0.282. The van der Waals surface area contributed by atoms with Gasteiger partial charge in [-0.25, -0.2) is 9.82 Å². The topological polar surface area (TPSA) is 44.4 Å². The number of carbonyl (C=O) groups is 1. The number of rotatable bonds is 5. The van der Waals surface area contributed by atoms with Gasteiger partial charge in [0, 0.05) is 20.1 Å². The SMILES string of the molecule is CCCCN(C)C(=O)C1CNNC1c1ccc(F)cc1. The van der Waals surface area contributed by atoms with Gasteiger partial charge in [0.15, 0.2) is 0 Å². The highest BCUT2D eigenvalue weighted by Crippen LogP contribution is 2.26. The van der Waals surface area contributed by atoms with E-state index in [2.05, 4.69) is 17.8 Å². The van der Waals surface area contributed by atoms with E-state index >= 15 is 0 Å². The molecule has 1 heterocycles. The third kappa shape index (κ3) is 3.35. The predicted molar refractivity (Wildman–Crippen MR) is 76.3 cm³/mol. The lowest BCUT2D eigenvalue weighted by Gasteiger charge is -2.24. The molecule has 2 rings (SSSR count). The van der Waals surface area contributed by atoms with E-state index in [-0.39, 0.29) is 23.7 Å². The number of nitrogens with one attached hydrogen (secondary N) is 2. The lowest BCUT2D eigenvalue weighted by Crippen LogP contribution is -2.37. The summed E-state index contributed by atoms with van der Waals surface area (Å²) < 4.78 is 13.0. The molecule has 110 valence electrons. The number of amides is 1. The van der Waals surface area contributed by atoms with Crippen LogP contribution in [0.1, 0.15) is 31.4 Å². The second kappa shape index (κ2) is 6.81. The van der Waals surface area contributed by atoms with Gasteiger partial charge in [0.05, 0.1) is 12.0 Å². The Bertz CT molecular complexity index is 449. The monoisotopic (exact) mass is 279 g/mol. The van der Waals surface area contributed by atoms with E-state index in [4.69, 9.17) is 0 Å². The molecule has 5 heteroatoms.